The van der Waals surface area contributed by atoms with Gasteiger partial charge in [-0.2, -0.15) is 0 Å². The molecule has 20 heavy (non-hydrogen) atoms. The normalized spacial score (nSPS) is 10.3. The molecule has 1 amide bonds. The maximum Gasteiger partial charge on any atom is 0.270 e. The molecule has 104 valence electrons. The third-order valence-electron chi connectivity index (χ3n) is 3.15. The fourth-order valence-electron chi connectivity index (χ4n) is 1.77. The molecule has 1 N–H and O–H groups in total. The van der Waals surface area contributed by atoms with E-state index in [-0.39, 0.29) is 11.6 Å². The van der Waals surface area contributed by atoms with E-state index < -0.39 is 4.92 Å². The molecule has 0 saturated heterocycles. The minimum atomic E-state index is -0.511. The molecule has 0 spiro atoms. The highest BCUT2D eigenvalue weighted by Gasteiger charge is 2.12. The number of amides is 1. The van der Waals surface area contributed by atoms with E-state index in [9.17, 15) is 14.9 Å². The van der Waals surface area contributed by atoms with Gasteiger partial charge in [-0.3, -0.25) is 14.9 Å². The van der Waals surface area contributed by atoms with Crippen molar-refractivity contribution in [1.29, 1.82) is 0 Å². The van der Waals surface area contributed by atoms with E-state index in [0.717, 1.165) is 5.56 Å². The van der Waals surface area contributed by atoms with E-state index in [0.29, 0.717) is 12.1 Å². The highest BCUT2D eigenvalue weighted by molar-refractivity contribution is 7.10. The molecule has 0 atom stereocenters. The van der Waals surface area contributed by atoms with Crippen LogP contribution in [-0.2, 0) is 6.54 Å². The van der Waals surface area contributed by atoms with Crippen LogP contribution in [0.3, 0.4) is 0 Å². The maximum atomic E-state index is 12.0. The Bertz CT molecular complexity index is 664. The van der Waals surface area contributed by atoms with E-state index in [1.165, 1.54) is 28.6 Å². The number of non-ortho nitro benzene ring substituents is 1. The minimum absolute atomic E-state index is 0.0831. The number of carbonyl (C=O) groups is 1. The van der Waals surface area contributed by atoms with Crippen LogP contribution in [0.4, 0.5) is 5.69 Å². The van der Waals surface area contributed by atoms with E-state index in [4.69, 9.17) is 0 Å². The van der Waals surface area contributed by atoms with Gasteiger partial charge in [0.25, 0.3) is 11.6 Å². The summed E-state index contributed by atoms with van der Waals surface area (Å²) in [6, 6.07) is 5.71. The van der Waals surface area contributed by atoms with Crippen LogP contribution in [0.2, 0.25) is 0 Å². The number of nitro groups is 1. The number of nitro benzene ring substituents is 1. The predicted octanol–water partition coefficient (Wildman–Crippen LogP) is 3.20. The lowest BCUT2D eigenvalue weighted by Crippen LogP contribution is -2.22. The number of hydrogen-bond acceptors (Lipinski definition) is 4. The van der Waals surface area contributed by atoms with Crippen molar-refractivity contribution in [2.24, 2.45) is 0 Å². The molecule has 0 aliphatic heterocycles. The zero-order chi connectivity index (χ0) is 14.7. The summed E-state index contributed by atoms with van der Waals surface area (Å²) in [6.07, 6.45) is 0. The second kappa shape index (κ2) is 5.83. The number of aryl methyl sites for hydroxylation is 1. The Morgan fingerprint density at radius 1 is 1.40 bits per heavy atom. The maximum absolute atomic E-state index is 12.0. The van der Waals surface area contributed by atoms with Gasteiger partial charge in [0.15, 0.2) is 0 Å². The molecule has 0 bridgehead atoms. The van der Waals surface area contributed by atoms with Crippen molar-refractivity contribution in [1.82, 2.24) is 5.32 Å². The van der Waals surface area contributed by atoms with Crippen LogP contribution in [0, 0.1) is 24.0 Å². The van der Waals surface area contributed by atoms with Gasteiger partial charge in [-0.15, -0.1) is 11.3 Å². The van der Waals surface area contributed by atoms with Crippen LogP contribution >= 0.6 is 11.3 Å². The fraction of sp³-hybridized carbons (Fsp3) is 0.214. The molecular weight excluding hydrogens is 276 g/mol. The van der Waals surface area contributed by atoms with Crippen molar-refractivity contribution in [3.05, 3.63) is 61.3 Å². The molecule has 5 nitrogen and oxygen atoms in total. The third-order valence-corrected chi connectivity index (χ3v) is 4.21. The Morgan fingerprint density at radius 3 is 2.75 bits per heavy atom. The molecule has 1 heterocycles. The Kier molecular flexibility index (Phi) is 4.14. The van der Waals surface area contributed by atoms with Gasteiger partial charge in [-0.25, -0.2) is 0 Å². The van der Waals surface area contributed by atoms with Crippen molar-refractivity contribution in [2.75, 3.05) is 0 Å². The van der Waals surface area contributed by atoms with E-state index >= 15 is 0 Å². The van der Waals surface area contributed by atoms with Gasteiger partial charge in [0.05, 0.1) is 4.92 Å². The first-order valence-electron chi connectivity index (χ1n) is 6.05. The molecule has 1 aromatic carbocycles. The van der Waals surface area contributed by atoms with Gasteiger partial charge in [-0.05, 0) is 36.4 Å². The first kappa shape index (κ1) is 14.2. The Balaban J connectivity index is 2.07. The second-order valence-corrected chi connectivity index (χ2v) is 5.52. The van der Waals surface area contributed by atoms with E-state index in [1.807, 2.05) is 19.2 Å². The number of nitrogens with zero attached hydrogens (tertiary/aromatic N) is 1. The number of benzene rings is 1. The fourth-order valence-corrected chi connectivity index (χ4v) is 2.66. The monoisotopic (exact) mass is 290 g/mol. The summed E-state index contributed by atoms with van der Waals surface area (Å²) in [4.78, 5) is 23.4. The summed E-state index contributed by atoms with van der Waals surface area (Å²) < 4.78 is 0. The zero-order valence-electron chi connectivity index (χ0n) is 11.2. The summed E-state index contributed by atoms with van der Waals surface area (Å²) in [5, 5.41) is 15.5. The van der Waals surface area contributed by atoms with Gasteiger partial charge >= 0.3 is 0 Å². The van der Waals surface area contributed by atoms with Crippen molar-refractivity contribution in [3.8, 4) is 0 Å². The van der Waals surface area contributed by atoms with Crippen molar-refractivity contribution in [3.63, 3.8) is 0 Å². The van der Waals surface area contributed by atoms with Crippen LogP contribution in [0.1, 0.15) is 26.4 Å². The molecule has 0 radical (unpaired) electrons. The van der Waals surface area contributed by atoms with Crippen LogP contribution < -0.4 is 5.32 Å². The first-order chi connectivity index (χ1) is 9.49. The van der Waals surface area contributed by atoms with Crippen molar-refractivity contribution in [2.45, 2.75) is 20.4 Å². The smallest absolute Gasteiger partial charge is 0.270 e. The number of carbonyl (C=O) groups excluding carboxylic acids is 1. The van der Waals surface area contributed by atoms with Crippen LogP contribution in [-0.4, -0.2) is 10.8 Å². The predicted molar refractivity (Wildman–Crippen MR) is 78.1 cm³/mol. The Hall–Kier alpha value is -2.21. The molecule has 0 unspecified atom stereocenters. The summed E-state index contributed by atoms with van der Waals surface area (Å²) in [7, 11) is 0. The molecule has 2 aromatic rings. The van der Waals surface area contributed by atoms with Gasteiger partial charge < -0.3 is 5.32 Å². The summed E-state index contributed by atoms with van der Waals surface area (Å²) in [5.74, 6) is -0.308. The topological polar surface area (TPSA) is 72.2 Å². The number of rotatable bonds is 4. The number of nitrogens with one attached hydrogen (secondary N) is 1. The molecule has 0 aliphatic carbocycles. The standard InChI is InChI=1S/C14H14N2O3S/c1-9-10(2)20-8-12(9)7-15-14(17)11-4-3-5-13(6-11)16(18)19/h3-6,8H,7H2,1-2H3,(H,15,17). The summed E-state index contributed by atoms with van der Waals surface area (Å²) >= 11 is 1.64. The van der Waals surface area contributed by atoms with Gasteiger partial charge in [0.1, 0.15) is 0 Å². The van der Waals surface area contributed by atoms with E-state index in [1.54, 1.807) is 17.4 Å². The average Bonchev–Trinajstić information content (AvgIpc) is 2.76. The number of thiophene rings is 1. The molecule has 1 aromatic heterocycles. The zero-order valence-corrected chi connectivity index (χ0v) is 12.0. The first-order valence-corrected chi connectivity index (χ1v) is 6.93. The molecule has 6 heteroatoms. The van der Waals surface area contributed by atoms with Gasteiger partial charge in [0, 0.05) is 29.1 Å². The third kappa shape index (κ3) is 3.03. The lowest BCUT2D eigenvalue weighted by atomic mass is 10.1. The number of hydrogen-bond donors (Lipinski definition) is 1. The molecule has 2 rings (SSSR count). The summed E-state index contributed by atoms with van der Waals surface area (Å²) in [5.41, 5.74) is 2.46. The highest BCUT2D eigenvalue weighted by Crippen LogP contribution is 2.20. The quantitative estimate of drug-likeness (QED) is 0.694. The highest BCUT2D eigenvalue weighted by atomic mass is 32.1. The largest absolute Gasteiger partial charge is 0.348 e. The van der Waals surface area contributed by atoms with Crippen LogP contribution in [0.25, 0.3) is 0 Å². The van der Waals surface area contributed by atoms with Crippen molar-refractivity contribution >= 4 is 22.9 Å². The van der Waals surface area contributed by atoms with Crippen LogP contribution in [0.5, 0.6) is 0 Å². The molecule has 0 fully saturated rings. The van der Waals surface area contributed by atoms with Gasteiger partial charge in [0.2, 0.25) is 0 Å². The summed E-state index contributed by atoms with van der Waals surface area (Å²) in [6.45, 7) is 4.48. The second-order valence-electron chi connectivity index (χ2n) is 4.43. The van der Waals surface area contributed by atoms with Gasteiger partial charge in [-0.1, -0.05) is 6.07 Å². The van der Waals surface area contributed by atoms with Crippen molar-refractivity contribution < 1.29 is 9.72 Å². The average molecular weight is 290 g/mol. The SMILES string of the molecule is Cc1scc(CNC(=O)c2cccc([N+](=O)[O-])c2)c1C. The Labute approximate surface area is 120 Å². The van der Waals surface area contributed by atoms with E-state index in [2.05, 4.69) is 5.32 Å². The lowest BCUT2D eigenvalue weighted by Gasteiger charge is -2.05. The lowest BCUT2D eigenvalue weighted by molar-refractivity contribution is -0.384. The molecular formula is C14H14N2O3S. The Morgan fingerprint density at radius 2 is 2.15 bits per heavy atom. The molecule has 0 saturated carbocycles. The molecule has 0 aliphatic rings. The van der Waals surface area contributed by atoms with Crippen LogP contribution in [0.15, 0.2) is 29.6 Å². The minimum Gasteiger partial charge on any atom is -0.348 e.